The highest BCUT2D eigenvalue weighted by Gasteiger charge is 2.17. The fourth-order valence-corrected chi connectivity index (χ4v) is 1.62. The van der Waals surface area contributed by atoms with Crippen LogP contribution < -0.4 is 0 Å². The van der Waals surface area contributed by atoms with Crippen LogP contribution in [0.5, 0.6) is 0 Å². The molecule has 0 bridgehead atoms. The van der Waals surface area contributed by atoms with Crippen molar-refractivity contribution in [2.24, 2.45) is 0 Å². The Morgan fingerprint density at radius 1 is 1.06 bits per heavy atom. The molecule has 0 N–H and O–H groups in total. The van der Waals surface area contributed by atoms with Crippen LogP contribution in [0.1, 0.15) is 28.9 Å². The molecule has 0 saturated heterocycles. The van der Waals surface area contributed by atoms with Crippen molar-refractivity contribution in [2.75, 3.05) is 0 Å². The summed E-state index contributed by atoms with van der Waals surface area (Å²) in [5.74, 6) is -0.0806. The molecule has 0 fully saturated rings. The predicted molar refractivity (Wildman–Crippen MR) is 63.4 cm³/mol. The number of Topliss-reactive ketones (excluding diaryl/α,β-unsaturated/α-hetero) is 1. The van der Waals surface area contributed by atoms with Gasteiger partial charge < -0.3 is 0 Å². The molecule has 16 heavy (non-hydrogen) atoms. The van der Waals surface area contributed by atoms with E-state index in [-0.39, 0.29) is 11.7 Å². The molecule has 2 nitrogen and oxygen atoms in total. The lowest BCUT2D eigenvalue weighted by Crippen LogP contribution is -2.10. The number of aromatic nitrogens is 1. The molecule has 1 unspecified atom stereocenters. The Bertz CT molecular complexity index is 465. The third kappa shape index (κ3) is 2.16. The fourth-order valence-electron chi connectivity index (χ4n) is 1.62. The standard InChI is InChI=1S/C14H13NO/c1-11(13-9-5-6-10-15-13)14(16)12-7-3-2-4-8-12/h2-11H,1H3. The lowest BCUT2D eigenvalue weighted by atomic mass is 9.96. The monoisotopic (exact) mass is 211 g/mol. The zero-order chi connectivity index (χ0) is 11.4. The minimum atomic E-state index is -0.191. The lowest BCUT2D eigenvalue weighted by molar-refractivity contribution is 0.0964. The van der Waals surface area contributed by atoms with Crippen molar-refractivity contribution in [2.45, 2.75) is 12.8 Å². The summed E-state index contributed by atoms with van der Waals surface area (Å²) in [5, 5.41) is 0. The predicted octanol–water partition coefficient (Wildman–Crippen LogP) is 3.07. The smallest absolute Gasteiger partial charge is 0.171 e. The van der Waals surface area contributed by atoms with Crippen LogP contribution in [0.2, 0.25) is 0 Å². The molecule has 1 aromatic heterocycles. The van der Waals surface area contributed by atoms with Gasteiger partial charge in [0.25, 0.3) is 0 Å². The number of benzene rings is 1. The first kappa shape index (κ1) is 10.6. The summed E-state index contributed by atoms with van der Waals surface area (Å²) in [6.45, 7) is 1.89. The fraction of sp³-hybridized carbons (Fsp3) is 0.143. The number of ketones is 1. The van der Waals surface area contributed by atoms with Crippen LogP contribution in [-0.2, 0) is 0 Å². The van der Waals surface area contributed by atoms with Crippen LogP contribution >= 0.6 is 0 Å². The van der Waals surface area contributed by atoms with Gasteiger partial charge in [0.2, 0.25) is 0 Å². The minimum Gasteiger partial charge on any atom is -0.293 e. The van der Waals surface area contributed by atoms with Gasteiger partial charge >= 0.3 is 0 Å². The third-order valence-electron chi connectivity index (χ3n) is 2.58. The van der Waals surface area contributed by atoms with Crippen LogP contribution in [-0.4, -0.2) is 10.8 Å². The molecular formula is C14H13NO. The van der Waals surface area contributed by atoms with Crippen molar-refractivity contribution in [1.29, 1.82) is 0 Å². The third-order valence-corrected chi connectivity index (χ3v) is 2.58. The molecule has 0 saturated carbocycles. The Balaban J connectivity index is 2.24. The van der Waals surface area contributed by atoms with Gasteiger partial charge in [-0.15, -0.1) is 0 Å². The summed E-state index contributed by atoms with van der Waals surface area (Å²) in [5.41, 5.74) is 1.55. The van der Waals surface area contributed by atoms with E-state index in [0.717, 1.165) is 11.3 Å². The number of rotatable bonds is 3. The number of nitrogens with zero attached hydrogens (tertiary/aromatic N) is 1. The van der Waals surface area contributed by atoms with E-state index in [1.807, 2.05) is 55.5 Å². The Morgan fingerprint density at radius 2 is 1.75 bits per heavy atom. The molecule has 2 rings (SSSR count). The first-order valence-corrected chi connectivity index (χ1v) is 5.29. The van der Waals surface area contributed by atoms with Gasteiger partial charge in [-0.3, -0.25) is 9.78 Å². The van der Waals surface area contributed by atoms with Crippen molar-refractivity contribution in [3.63, 3.8) is 0 Å². The van der Waals surface area contributed by atoms with E-state index >= 15 is 0 Å². The topological polar surface area (TPSA) is 30.0 Å². The summed E-state index contributed by atoms with van der Waals surface area (Å²) in [6.07, 6.45) is 1.71. The summed E-state index contributed by atoms with van der Waals surface area (Å²) in [7, 11) is 0. The molecule has 0 radical (unpaired) electrons. The second kappa shape index (κ2) is 4.71. The molecule has 0 spiro atoms. The summed E-state index contributed by atoms with van der Waals surface area (Å²) >= 11 is 0. The molecule has 2 aromatic rings. The van der Waals surface area contributed by atoms with Gasteiger partial charge in [-0.05, 0) is 19.1 Å². The molecular weight excluding hydrogens is 198 g/mol. The van der Waals surface area contributed by atoms with Crippen molar-refractivity contribution in [1.82, 2.24) is 4.98 Å². The van der Waals surface area contributed by atoms with Gasteiger partial charge in [0.05, 0.1) is 11.6 Å². The molecule has 1 atom stereocenters. The SMILES string of the molecule is CC(C(=O)c1ccccc1)c1ccccn1. The van der Waals surface area contributed by atoms with E-state index in [9.17, 15) is 4.79 Å². The summed E-state index contributed by atoms with van der Waals surface area (Å²) in [4.78, 5) is 16.3. The van der Waals surface area contributed by atoms with E-state index in [1.54, 1.807) is 6.20 Å². The number of hydrogen-bond acceptors (Lipinski definition) is 2. The molecule has 2 heteroatoms. The van der Waals surface area contributed by atoms with Gasteiger partial charge in [0.15, 0.2) is 5.78 Å². The van der Waals surface area contributed by atoms with E-state index < -0.39 is 0 Å². The van der Waals surface area contributed by atoms with Crippen molar-refractivity contribution < 1.29 is 4.79 Å². The van der Waals surface area contributed by atoms with Crippen LogP contribution in [0, 0.1) is 0 Å². The quantitative estimate of drug-likeness (QED) is 0.730. The Hall–Kier alpha value is -1.96. The largest absolute Gasteiger partial charge is 0.293 e. The maximum Gasteiger partial charge on any atom is 0.171 e. The average Bonchev–Trinajstić information content (AvgIpc) is 2.39. The van der Waals surface area contributed by atoms with Crippen molar-refractivity contribution in [3.8, 4) is 0 Å². The first-order chi connectivity index (χ1) is 7.79. The number of pyridine rings is 1. The molecule has 1 heterocycles. The van der Waals surface area contributed by atoms with E-state index in [2.05, 4.69) is 4.98 Å². The summed E-state index contributed by atoms with van der Waals surface area (Å²) < 4.78 is 0. The number of carbonyl (C=O) groups is 1. The van der Waals surface area contributed by atoms with Gasteiger partial charge in [-0.1, -0.05) is 36.4 Å². The molecule has 80 valence electrons. The van der Waals surface area contributed by atoms with Gasteiger partial charge in [0.1, 0.15) is 0 Å². The highest BCUT2D eigenvalue weighted by atomic mass is 16.1. The number of hydrogen-bond donors (Lipinski definition) is 0. The second-order valence-corrected chi connectivity index (χ2v) is 3.71. The van der Waals surface area contributed by atoms with Crippen LogP contribution in [0.3, 0.4) is 0 Å². The van der Waals surface area contributed by atoms with Crippen LogP contribution in [0.25, 0.3) is 0 Å². The molecule has 0 aliphatic carbocycles. The van der Waals surface area contributed by atoms with E-state index in [1.165, 1.54) is 0 Å². The Kier molecular flexibility index (Phi) is 3.10. The van der Waals surface area contributed by atoms with Gasteiger partial charge in [-0.2, -0.15) is 0 Å². The highest BCUT2D eigenvalue weighted by Crippen LogP contribution is 2.17. The normalized spacial score (nSPS) is 12.1. The van der Waals surface area contributed by atoms with Crippen molar-refractivity contribution >= 4 is 5.78 Å². The zero-order valence-electron chi connectivity index (χ0n) is 9.13. The zero-order valence-corrected chi connectivity index (χ0v) is 9.13. The minimum absolute atomic E-state index is 0.110. The molecule has 0 aliphatic rings. The second-order valence-electron chi connectivity index (χ2n) is 3.71. The average molecular weight is 211 g/mol. The maximum atomic E-state index is 12.1. The number of carbonyl (C=O) groups excluding carboxylic acids is 1. The van der Waals surface area contributed by atoms with Crippen LogP contribution in [0.15, 0.2) is 54.7 Å². The first-order valence-electron chi connectivity index (χ1n) is 5.29. The van der Waals surface area contributed by atoms with Gasteiger partial charge in [-0.25, -0.2) is 0 Å². The lowest BCUT2D eigenvalue weighted by Gasteiger charge is -2.09. The molecule has 0 amide bonds. The Labute approximate surface area is 95.0 Å². The summed E-state index contributed by atoms with van der Waals surface area (Å²) in [6, 6.07) is 15.0. The van der Waals surface area contributed by atoms with Gasteiger partial charge in [0, 0.05) is 11.8 Å². The highest BCUT2D eigenvalue weighted by molar-refractivity contribution is 6.00. The van der Waals surface area contributed by atoms with E-state index in [4.69, 9.17) is 0 Å². The molecule has 0 aliphatic heterocycles. The maximum absolute atomic E-state index is 12.1. The van der Waals surface area contributed by atoms with Crippen molar-refractivity contribution in [3.05, 3.63) is 66.0 Å². The van der Waals surface area contributed by atoms with E-state index in [0.29, 0.717) is 0 Å². The van der Waals surface area contributed by atoms with Crippen LogP contribution in [0.4, 0.5) is 0 Å². The Morgan fingerprint density at radius 3 is 2.38 bits per heavy atom. The molecule has 1 aromatic carbocycles.